The number of nitrogens with one attached hydrogen (secondary N) is 2. The Bertz CT molecular complexity index is 611. The van der Waals surface area contributed by atoms with Gasteiger partial charge in [0.1, 0.15) is 6.23 Å². The molecule has 1 aromatic carbocycles. The van der Waals surface area contributed by atoms with Crippen LogP contribution in [0.3, 0.4) is 0 Å². The van der Waals surface area contributed by atoms with Gasteiger partial charge in [-0.15, -0.1) is 0 Å². The van der Waals surface area contributed by atoms with Crippen molar-refractivity contribution in [3.8, 4) is 0 Å². The minimum Gasteiger partial charge on any atom is -0.376 e. The molecule has 2 saturated heterocycles. The molecule has 2 N–H and O–H groups in total. The van der Waals surface area contributed by atoms with Crippen LogP contribution in [-0.2, 0) is 19.3 Å². The zero-order valence-electron chi connectivity index (χ0n) is 13.3. The summed E-state index contributed by atoms with van der Waals surface area (Å²) in [6, 6.07) is 7.14. The van der Waals surface area contributed by atoms with Crippen molar-refractivity contribution < 1.29 is 17.9 Å². The molecular weight excluding hydrogens is 316 g/mol. The zero-order chi connectivity index (χ0) is 16.3. The predicted octanol–water partition coefficient (Wildman–Crippen LogP) is 1.19. The molecule has 3 unspecified atom stereocenters. The third-order valence-electron chi connectivity index (χ3n) is 4.40. The lowest BCUT2D eigenvalue weighted by molar-refractivity contribution is -0.0522. The van der Waals surface area contributed by atoms with Crippen LogP contribution in [0.2, 0.25) is 0 Å². The third-order valence-corrected chi connectivity index (χ3v) is 5.53. The van der Waals surface area contributed by atoms with Crippen molar-refractivity contribution in [3.05, 3.63) is 29.8 Å². The molecule has 23 heavy (non-hydrogen) atoms. The second kappa shape index (κ2) is 7.27. The van der Waals surface area contributed by atoms with Gasteiger partial charge in [0.05, 0.1) is 17.6 Å². The molecule has 0 radical (unpaired) electrons. The van der Waals surface area contributed by atoms with Crippen LogP contribution in [0, 0.1) is 0 Å². The summed E-state index contributed by atoms with van der Waals surface area (Å²) in [7, 11) is -3.15. The summed E-state index contributed by atoms with van der Waals surface area (Å²) in [5.74, 6) is 0.291. The number of sulfone groups is 1. The lowest BCUT2D eigenvalue weighted by atomic mass is 9.94. The molecule has 0 saturated carbocycles. The first kappa shape index (κ1) is 16.9. The molecule has 0 amide bonds. The Balaban J connectivity index is 1.57. The van der Waals surface area contributed by atoms with Gasteiger partial charge in [-0.2, -0.15) is 0 Å². The highest BCUT2D eigenvalue weighted by atomic mass is 32.2. The maximum Gasteiger partial charge on any atom is 0.175 e. The molecule has 6 nitrogen and oxygen atoms in total. The standard InChI is InChI=1S/C16H24N2O4S/c1-23(19,20)15-6-4-12(5-7-15)13-9-16(18-17-10-13)22-11-14-3-2-8-21-14/h4-7,13-14,16-18H,2-3,8-11H2,1H3. The van der Waals surface area contributed by atoms with Gasteiger partial charge in [0.25, 0.3) is 0 Å². The maximum atomic E-state index is 11.5. The number of rotatable bonds is 5. The molecule has 2 fully saturated rings. The summed E-state index contributed by atoms with van der Waals surface area (Å²) in [6.07, 6.45) is 4.40. The molecule has 3 rings (SSSR count). The van der Waals surface area contributed by atoms with Crippen molar-refractivity contribution in [2.24, 2.45) is 0 Å². The Morgan fingerprint density at radius 3 is 2.74 bits per heavy atom. The van der Waals surface area contributed by atoms with Gasteiger partial charge in [0.2, 0.25) is 0 Å². The van der Waals surface area contributed by atoms with Crippen LogP contribution in [0.1, 0.15) is 30.7 Å². The van der Waals surface area contributed by atoms with Crippen LogP contribution in [0.25, 0.3) is 0 Å². The van der Waals surface area contributed by atoms with Crippen LogP contribution in [0.5, 0.6) is 0 Å². The molecule has 0 aromatic heterocycles. The fourth-order valence-electron chi connectivity index (χ4n) is 3.05. The first-order valence-electron chi connectivity index (χ1n) is 8.04. The van der Waals surface area contributed by atoms with E-state index in [9.17, 15) is 8.42 Å². The van der Waals surface area contributed by atoms with Crippen molar-refractivity contribution >= 4 is 9.84 Å². The highest BCUT2D eigenvalue weighted by Crippen LogP contribution is 2.25. The van der Waals surface area contributed by atoms with E-state index < -0.39 is 9.84 Å². The Hall–Kier alpha value is -0.990. The highest BCUT2D eigenvalue weighted by Gasteiger charge is 2.25. The average molecular weight is 340 g/mol. The zero-order valence-corrected chi connectivity index (χ0v) is 14.1. The van der Waals surface area contributed by atoms with Crippen molar-refractivity contribution in [1.29, 1.82) is 0 Å². The molecule has 7 heteroatoms. The largest absolute Gasteiger partial charge is 0.376 e. The Morgan fingerprint density at radius 2 is 2.09 bits per heavy atom. The van der Waals surface area contributed by atoms with Gasteiger partial charge in [0.15, 0.2) is 9.84 Å². The molecule has 0 aliphatic carbocycles. The highest BCUT2D eigenvalue weighted by molar-refractivity contribution is 7.90. The summed E-state index contributed by atoms with van der Waals surface area (Å²) in [5.41, 5.74) is 7.45. The summed E-state index contributed by atoms with van der Waals surface area (Å²) in [6.45, 7) is 2.23. The quantitative estimate of drug-likeness (QED) is 0.839. The molecule has 3 atom stereocenters. The topological polar surface area (TPSA) is 76.7 Å². The summed E-state index contributed by atoms with van der Waals surface area (Å²) < 4.78 is 34.5. The molecule has 1 aromatic rings. The van der Waals surface area contributed by atoms with Crippen molar-refractivity contribution in [1.82, 2.24) is 10.9 Å². The first-order valence-corrected chi connectivity index (χ1v) is 9.93. The lowest BCUT2D eigenvalue weighted by Crippen LogP contribution is -2.50. The second-order valence-corrected chi connectivity index (χ2v) is 8.27. The Labute approximate surface area is 137 Å². The Morgan fingerprint density at radius 1 is 1.30 bits per heavy atom. The van der Waals surface area contributed by atoms with Gasteiger partial charge in [0, 0.05) is 25.3 Å². The predicted molar refractivity (Wildman–Crippen MR) is 86.8 cm³/mol. The molecule has 128 valence electrons. The van der Waals surface area contributed by atoms with Crippen molar-refractivity contribution in [2.75, 3.05) is 26.0 Å². The summed E-state index contributed by atoms with van der Waals surface area (Å²) in [5, 5.41) is 0. The first-order chi connectivity index (χ1) is 11.0. The van der Waals surface area contributed by atoms with Crippen molar-refractivity contribution in [2.45, 2.75) is 42.4 Å². The second-order valence-electron chi connectivity index (χ2n) is 6.26. The van der Waals surface area contributed by atoms with Crippen LogP contribution >= 0.6 is 0 Å². The average Bonchev–Trinajstić information content (AvgIpc) is 3.06. The van der Waals surface area contributed by atoms with E-state index in [2.05, 4.69) is 10.9 Å². The minimum atomic E-state index is -3.15. The van der Waals surface area contributed by atoms with E-state index >= 15 is 0 Å². The maximum absolute atomic E-state index is 11.5. The number of hydrazine groups is 1. The van der Waals surface area contributed by atoms with Crippen LogP contribution in [0.4, 0.5) is 0 Å². The van der Waals surface area contributed by atoms with Gasteiger partial charge >= 0.3 is 0 Å². The van der Waals surface area contributed by atoms with Crippen molar-refractivity contribution in [3.63, 3.8) is 0 Å². The van der Waals surface area contributed by atoms with Gasteiger partial charge in [-0.05, 0) is 37.0 Å². The third kappa shape index (κ3) is 4.51. The molecule has 0 bridgehead atoms. The number of ether oxygens (including phenoxy) is 2. The molecule has 0 spiro atoms. The van der Waals surface area contributed by atoms with E-state index in [4.69, 9.17) is 9.47 Å². The van der Waals surface area contributed by atoms with E-state index in [0.29, 0.717) is 17.4 Å². The van der Waals surface area contributed by atoms with E-state index in [-0.39, 0.29) is 12.3 Å². The van der Waals surface area contributed by atoms with E-state index in [0.717, 1.165) is 38.0 Å². The summed E-state index contributed by atoms with van der Waals surface area (Å²) >= 11 is 0. The van der Waals surface area contributed by atoms with E-state index in [1.54, 1.807) is 12.1 Å². The van der Waals surface area contributed by atoms with Crippen LogP contribution < -0.4 is 10.9 Å². The molecule has 2 heterocycles. The van der Waals surface area contributed by atoms with Crippen LogP contribution in [0.15, 0.2) is 29.2 Å². The van der Waals surface area contributed by atoms with E-state index in [1.807, 2.05) is 12.1 Å². The van der Waals surface area contributed by atoms with Gasteiger partial charge in [-0.25, -0.2) is 13.8 Å². The summed E-state index contributed by atoms with van der Waals surface area (Å²) in [4.78, 5) is 0.356. The number of benzene rings is 1. The molecule has 2 aliphatic rings. The van der Waals surface area contributed by atoms with E-state index in [1.165, 1.54) is 6.26 Å². The normalized spacial score (nSPS) is 28.8. The Kier molecular flexibility index (Phi) is 5.33. The van der Waals surface area contributed by atoms with Gasteiger partial charge in [-0.1, -0.05) is 12.1 Å². The number of hydrogen-bond donors (Lipinski definition) is 2. The minimum absolute atomic E-state index is 0.0625. The fraction of sp³-hybridized carbons (Fsp3) is 0.625. The van der Waals surface area contributed by atoms with Crippen LogP contribution in [-0.4, -0.2) is 46.8 Å². The molecular formula is C16H24N2O4S. The van der Waals surface area contributed by atoms with Gasteiger partial charge < -0.3 is 9.47 Å². The number of hydrogen-bond acceptors (Lipinski definition) is 6. The SMILES string of the molecule is CS(=O)(=O)c1ccc(C2CNNC(OCC3CCCO3)C2)cc1. The fourth-order valence-corrected chi connectivity index (χ4v) is 3.68. The monoisotopic (exact) mass is 340 g/mol. The van der Waals surface area contributed by atoms with Gasteiger partial charge in [-0.3, -0.25) is 5.43 Å². The lowest BCUT2D eigenvalue weighted by Gasteiger charge is -2.31. The smallest absolute Gasteiger partial charge is 0.175 e. The molecule has 2 aliphatic heterocycles.